The third kappa shape index (κ3) is 5.01. The van der Waals surface area contributed by atoms with Gasteiger partial charge in [-0.3, -0.25) is 9.52 Å². The Hall–Kier alpha value is -2.83. The maximum atomic E-state index is 12.8. The van der Waals surface area contributed by atoms with E-state index in [9.17, 15) is 13.2 Å². The van der Waals surface area contributed by atoms with E-state index in [1.807, 2.05) is 38.1 Å². The van der Waals surface area contributed by atoms with Gasteiger partial charge in [0.25, 0.3) is 15.9 Å². The largest absolute Gasteiger partial charge is 0.345 e. The van der Waals surface area contributed by atoms with Crippen LogP contribution in [-0.2, 0) is 10.0 Å². The lowest BCUT2D eigenvalue weighted by atomic mass is 9.99. The molecule has 7 heteroatoms. The van der Waals surface area contributed by atoms with Crippen LogP contribution in [0.5, 0.6) is 0 Å². The molecule has 0 bridgehead atoms. The van der Waals surface area contributed by atoms with Crippen LogP contribution in [-0.4, -0.2) is 14.3 Å². The van der Waals surface area contributed by atoms with Gasteiger partial charge in [0.15, 0.2) is 0 Å². The fourth-order valence-corrected chi connectivity index (χ4v) is 4.53. The van der Waals surface area contributed by atoms with Crippen LogP contribution >= 0.6 is 11.6 Å². The predicted molar refractivity (Wildman–Crippen MR) is 120 cm³/mol. The minimum absolute atomic E-state index is 0.145. The minimum Gasteiger partial charge on any atom is -0.345 e. The molecular formula is C23H23ClN2O3S. The molecule has 3 rings (SSSR count). The molecule has 0 radical (unpaired) electrons. The summed E-state index contributed by atoms with van der Waals surface area (Å²) in [5.41, 5.74) is 2.72. The first-order valence-corrected chi connectivity index (χ1v) is 11.4. The molecule has 1 atom stereocenters. The Morgan fingerprint density at radius 3 is 2.30 bits per heavy atom. The lowest BCUT2D eigenvalue weighted by Gasteiger charge is -2.20. The molecule has 3 aromatic carbocycles. The Bertz CT molecular complexity index is 1150. The number of halogens is 1. The van der Waals surface area contributed by atoms with Gasteiger partial charge in [0, 0.05) is 0 Å². The van der Waals surface area contributed by atoms with Gasteiger partial charge in [-0.1, -0.05) is 61.0 Å². The molecule has 3 aromatic rings. The van der Waals surface area contributed by atoms with Gasteiger partial charge in [0.2, 0.25) is 0 Å². The second-order valence-electron chi connectivity index (χ2n) is 6.90. The highest BCUT2D eigenvalue weighted by Gasteiger charge is 2.19. The van der Waals surface area contributed by atoms with Gasteiger partial charge < -0.3 is 5.32 Å². The smallest absolute Gasteiger partial charge is 0.261 e. The van der Waals surface area contributed by atoms with Crippen molar-refractivity contribution >= 4 is 33.2 Å². The third-order valence-corrected chi connectivity index (χ3v) is 6.51. The van der Waals surface area contributed by atoms with Gasteiger partial charge in [0.05, 0.1) is 27.2 Å². The Morgan fingerprint density at radius 2 is 1.67 bits per heavy atom. The summed E-state index contributed by atoms with van der Waals surface area (Å²) in [5, 5.41) is 3.18. The fourth-order valence-electron chi connectivity index (χ4n) is 3.19. The number of benzene rings is 3. The van der Waals surface area contributed by atoms with Gasteiger partial charge in [-0.15, -0.1) is 0 Å². The second kappa shape index (κ2) is 9.32. The van der Waals surface area contributed by atoms with Crippen molar-refractivity contribution in [1.82, 2.24) is 5.32 Å². The summed E-state index contributed by atoms with van der Waals surface area (Å²) in [7, 11) is -3.74. The zero-order valence-electron chi connectivity index (χ0n) is 16.7. The zero-order chi connectivity index (χ0) is 21.7. The van der Waals surface area contributed by atoms with Crippen molar-refractivity contribution in [3.05, 3.63) is 94.5 Å². The van der Waals surface area contributed by atoms with Crippen LogP contribution in [0.15, 0.2) is 77.7 Å². The highest BCUT2D eigenvalue weighted by molar-refractivity contribution is 7.92. The minimum atomic E-state index is -3.74. The van der Waals surface area contributed by atoms with Crippen LogP contribution in [0.4, 0.5) is 5.69 Å². The summed E-state index contributed by atoms with van der Waals surface area (Å²) in [6, 6.07) is 20.3. The van der Waals surface area contributed by atoms with E-state index in [-0.39, 0.29) is 33.1 Å². The molecular weight excluding hydrogens is 420 g/mol. The number of rotatable bonds is 7. The van der Waals surface area contributed by atoms with Crippen LogP contribution in [0.1, 0.15) is 40.9 Å². The van der Waals surface area contributed by atoms with Gasteiger partial charge in [-0.25, -0.2) is 8.42 Å². The summed E-state index contributed by atoms with van der Waals surface area (Å²) in [6.45, 7) is 4.01. The molecule has 5 nitrogen and oxygen atoms in total. The van der Waals surface area contributed by atoms with E-state index in [2.05, 4.69) is 10.0 Å². The fraction of sp³-hybridized carbons (Fsp3) is 0.174. The maximum absolute atomic E-state index is 12.8. The summed E-state index contributed by atoms with van der Waals surface area (Å²) in [5.74, 6) is -0.312. The average Bonchev–Trinajstić information content (AvgIpc) is 2.73. The van der Waals surface area contributed by atoms with E-state index < -0.39 is 10.0 Å². The summed E-state index contributed by atoms with van der Waals surface area (Å²) < 4.78 is 27.4. The topological polar surface area (TPSA) is 75.3 Å². The Balaban J connectivity index is 1.78. The lowest BCUT2D eigenvalue weighted by Crippen LogP contribution is -2.28. The number of nitrogens with one attached hydrogen (secondary N) is 2. The summed E-state index contributed by atoms with van der Waals surface area (Å²) in [4.78, 5) is 12.9. The molecule has 0 aliphatic carbocycles. The van der Waals surface area contributed by atoms with E-state index >= 15 is 0 Å². The van der Waals surface area contributed by atoms with E-state index in [1.54, 1.807) is 18.2 Å². The monoisotopic (exact) mass is 442 g/mol. The zero-order valence-corrected chi connectivity index (χ0v) is 18.3. The van der Waals surface area contributed by atoms with Crippen molar-refractivity contribution in [1.29, 1.82) is 0 Å². The number of anilines is 1. The number of carbonyl (C=O) groups is 1. The van der Waals surface area contributed by atoms with Crippen molar-refractivity contribution in [2.45, 2.75) is 31.2 Å². The van der Waals surface area contributed by atoms with Crippen LogP contribution in [0.25, 0.3) is 0 Å². The molecule has 0 aliphatic rings. The van der Waals surface area contributed by atoms with Crippen molar-refractivity contribution in [3.63, 3.8) is 0 Å². The average molecular weight is 443 g/mol. The molecule has 0 heterocycles. The molecule has 30 heavy (non-hydrogen) atoms. The van der Waals surface area contributed by atoms with Crippen LogP contribution in [0.2, 0.25) is 5.02 Å². The first-order valence-electron chi connectivity index (χ1n) is 9.55. The number of amides is 1. The number of sulfonamides is 1. The van der Waals surface area contributed by atoms with Gasteiger partial charge >= 0.3 is 0 Å². The number of hydrogen-bond acceptors (Lipinski definition) is 3. The number of aryl methyl sites for hydroxylation is 1. The molecule has 0 saturated heterocycles. The highest BCUT2D eigenvalue weighted by Crippen LogP contribution is 2.25. The molecule has 0 spiro atoms. The second-order valence-corrected chi connectivity index (χ2v) is 8.99. The van der Waals surface area contributed by atoms with Crippen LogP contribution in [0.3, 0.4) is 0 Å². The molecule has 0 fully saturated rings. The lowest BCUT2D eigenvalue weighted by molar-refractivity contribution is 0.0935. The quantitative estimate of drug-likeness (QED) is 0.519. The van der Waals surface area contributed by atoms with Gasteiger partial charge in [-0.05, 0) is 54.8 Å². The van der Waals surface area contributed by atoms with Gasteiger partial charge in [-0.2, -0.15) is 0 Å². The normalized spacial score (nSPS) is 12.2. The molecule has 156 valence electrons. The number of carbonyl (C=O) groups excluding carboxylic acids is 1. The summed E-state index contributed by atoms with van der Waals surface area (Å²) >= 11 is 6.31. The highest BCUT2D eigenvalue weighted by atomic mass is 35.5. The number of hydrogen-bond donors (Lipinski definition) is 2. The molecule has 2 N–H and O–H groups in total. The first kappa shape index (κ1) is 21.9. The van der Waals surface area contributed by atoms with E-state index in [4.69, 9.17) is 11.6 Å². The SMILES string of the molecule is CC[C@@H](NC(=O)c1ccc(NS(=O)(=O)c2ccccc2)cc1Cl)c1ccccc1C. The Kier molecular flexibility index (Phi) is 6.80. The van der Waals surface area contributed by atoms with E-state index in [1.165, 1.54) is 30.3 Å². The first-order chi connectivity index (χ1) is 14.3. The van der Waals surface area contributed by atoms with Crippen LogP contribution in [0, 0.1) is 6.92 Å². The standard InChI is InChI=1S/C23H23ClN2O3S/c1-3-22(19-12-8-7-9-16(19)2)25-23(27)20-14-13-17(15-21(20)24)26-30(28,29)18-10-5-4-6-11-18/h4-15,22,26H,3H2,1-2H3,(H,25,27)/t22-/m1/s1. The van der Waals surface area contributed by atoms with Crippen molar-refractivity contribution in [3.8, 4) is 0 Å². The van der Waals surface area contributed by atoms with Crippen LogP contribution < -0.4 is 10.0 Å². The molecule has 0 saturated carbocycles. The maximum Gasteiger partial charge on any atom is 0.261 e. The van der Waals surface area contributed by atoms with E-state index in [0.717, 1.165) is 17.5 Å². The van der Waals surface area contributed by atoms with Crippen molar-refractivity contribution in [2.24, 2.45) is 0 Å². The van der Waals surface area contributed by atoms with Crippen molar-refractivity contribution < 1.29 is 13.2 Å². The molecule has 0 aliphatic heterocycles. The predicted octanol–water partition coefficient (Wildman–Crippen LogP) is 5.33. The van der Waals surface area contributed by atoms with Crippen molar-refractivity contribution in [2.75, 3.05) is 4.72 Å². The molecule has 0 aromatic heterocycles. The van der Waals surface area contributed by atoms with E-state index in [0.29, 0.717) is 0 Å². The Labute approximate surface area is 182 Å². The summed E-state index contributed by atoms with van der Waals surface area (Å²) in [6.07, 6.45) is 0.725. The third-order valence-electron chi connectivity index (χ3n) is 4.80. The molecule has 0 unspecified atom stereocenters. The molecule has 1 amide bonds. The van der Waals surface area contributed by atoms with Gasteiger partial charge in [0.1, 0.15) is 0 Å². The Morgan fingerprint density at radius 1 is 1.00 bits per heavy atom.